The number of allylic oxidation sites excluding steroid dienone is 1. The summed E-state index contributed by atoms with van der Waals surface area (Å²) >= 11 is 0. The zero-order valence-corrected chi connectivity index (χ0v) is 11.4. The molecule has 0 aromatic heterocycles. The predicted octanol–water partition coefficient (Wildman–Crippen LogP) is 3.29. The quantitative estimate of drug-likeness (QED) is 0.864. The van der Waals surface area contributed by atoms with Crippen LogP contribution in [0.1, 0.15) is 37.8 Å². The van der Waals surface area contributed by atoms with Gasteiger partial charge in [-0.05, 0) is 41.8 Å². The van der Waals surface area contributed by atoms with E-state index < -0.39 is 0 Å². The van der Waals surface area contributed by atoms with Gasteiger partial charge in [-0.15, -0.1) is 0 Å². The normalized spacial score (nSPS) is 11.2. The van der Waals surface area contributed by atoms with E-state index in [4.69, 9.17) is 10.00 Å². The summed E-state index contributed by atoms with van der Waals surface area (Å²) in [5.74, 6) is 1.18. The van der Waals surface area contributed by atoms with Crippen LogP contribution in [-0.2, 0) is 0 Å². The van der Waals surface area contributed by atoms with Crippen molar-refractivity contribution in [3.63, 3.8) is 0 Å². The molecule has 0 amide bonds. The van der Waals surface area contributed by atoms with Gasteiger partial charge < -0.3 is 10.1 Å². The van der Waals surface area contributed by atoms with Gasteiger partial charge in [-0.1, -0.05) is 26.0 Å². The molecule has 0 saturated heterocycles. The van der Waals surface area contributed by atoms with Crippen LogP contribution < -0.4 is 10.1 Å². The first-order chi connectivity index (χ1) is 8.60. The third-order valence-corrected chi connectivity index (χ3v) is 2.74. The fraction of sp³-hybridized carbons (Fsp3) is 0.400. The molecule has 0 aliphatic carbocycles. The lowest BCUT2D eigenvalue weighted by Gasteiger charge is -2.14. The van der Waals surface area contributed by atoms with Gasteiger partial charge in [-0.3, -0.25) is 0 Å². The largest absolute Gasteiger partial charge is 0.478 e. The summed E-state index contributed by atoms with van der Waals surface area (Å²) in [4.78, 5) is 0. The van der Waals surface area contributed by atoms with E-state index in [0.717, 1.165) is 22.4 Å². The van der Waals surface area contributed by atoms with Crippen molar-refractivity contribution >= 4 is 5.57 Å². The van der Waals surface area contributed by atoms with Crippen molar-refractivity contribution in [1.29, 1.82) is 5.26 Å². The van der Waals surface area contributed by atoms with Gasteiger partial charge in [0.15, 0.2) is 6.61 Å². The molecule has 1 aromatic carbocycles. The minimum atomic E-state index is 0.0813. The highest BCUT2D eigenvalue weighted by molar-refractivity contribution is 5.65. The molecule has 96 valence electrons. The molecular weight excluding hydrogens is 224 g/mol. The number of ether oxygens (including phenoxy) is 1. The molecule has 3 heteroatoms. The minimum Gasteiger partial charge on any atom is -0.478 e. The molecule has 0 heterocycles. The van der Waals surface area contributed by atoms with Crippen LogP contribution in [0.5, 0.6) is 5.75 Å². The lowest BCUT2D eigenvalue weighted by atomic mass is 9.98. The molecule has 0 atom stereocenters. The number of rotatable bonds is 5. The topological polar surface area (TPSA) is 45.0 Å². The van der Waals surface area contributed by atoms with Crippen LogP contribution in [0.25, 0.3) is 5.57 Å². The Balaban J connectivity index is 3.13. The van der Waals surface area contributed by atoms with Crippen molar-refractivity contribution in [2.45, 2.75) is 26.7 Å². The highest BCUT2D eigenvalue weighted by atomic mass is 16.5. The monoisotopic (exact) mass is 244 g/mol. The van der Waals surface area contributed by atoms with E-state index in [-0.39, 0.29) is 6.61 Å². The molecule has 0 aliphatic rings. The average Bonchev–Trinajstić information content (AvgIpc) is 2.36. The van der Waals surface area contributed by atoms with E-state index in [1.807, 2.05) is 32.3 Å². The average molecular weight is 244 g/mol. The van der Waals surface area contributed by atoms with E-state index >= 15 is 0 Å². The summed E-state index contributed by atoms with van der Waals surface area (Å²) < 4.78 is 5.51. The zero-order valence-electron chi connectivity index (χ0n) is 11.4. The highest BCUT2D eigenvalue weighted by Crippen LogP contribution is 2.29. The lowest BCUT2D eigenvalue weighted by Crippen LogP contribution is -2.01. The van der Waals surface area contributed by atoms with Crippen molar-refractivity contribution in [3.8, 4) is 11.8 Å². The summed E-state index contributed by atoms with van der Waals surface area (Å²) in [6, 6.07) is 8.15. The number of nitrogens with zero attached hydrogens (tertiary/aromatic N) is 1. The molecule has 1 aromatic rings. The smallest absolute Gasteiger partial charge is 0.174 e. The molecule has 0 saturated carbocycles. The van der Waals surface area contributed by atoms with Crippen LogP contribution in [0.15, 0.2) is 24.4 Å². The van der Waals surface area contributed by atoms with Gasteiger partial charge in [0.2, 0.25) is 0 Å². The van der Waals surface area contributed by atoms with E-state index in [1.54, 1.807) is 0 Å². The Hall–Kier alpha value is -1.95. The van der Waals surface area contributed by atoms with Crippen LogP contribution in [0.2, 0.25) is 0 Å². The first kappa shape index (κ1) is 14.1. The van der Waals surface area contributed by atoms with Crippen molar-refractivity contribution in [1.82, 2.24) is 5.32 Å². The van der Waals surface area contributed by atoms with E-state index in [9.17, 15) is 0 Å². The maximum atomic E-state index is 8.62. The first-order valence-electron chi connectivity index (χ1n) is 6.08. The molecule has 1 N–H and O–H groups in total. The fourth-order valence-electron chi connectivity index (χ4n) is 1.79. The summed E-state index contributed by atoms with van der Waals surface area (Å²) in [6.45, 7) is 6.35. The van der Waals surface area contributed by atoms with Gasteiger partial charge >= 0.3 is 0 Å². The van der Waals surface area contributed by atoms with Gasteiger partial charge in [0.1, 0.15) is 11.8 Å². The Kier molecular flexibility index (Phi) is 5.26. The Morgan fingerprint density at radius 3 is 2.78 bits per heavy atom. The predicted molar refractivity (Wildman–Crippen MR) is 74.3 cm³/mol. The number of nitriles is 1. The maximum Gasteiger partial charge on any atom is 0.174 e. The van der Waals surface area contributed by atoms with Crippen LogP contribution >= 0.6 is 0 Å². The molecule has 0 spiro atoms. The highest BCUT2D eigenvalue weighted by Gasteiger charge is 2.09. The molecular formula is C15H20N2O. The molecule has 0 aliphatic heterocycles. The maximum absolute atomic E-state index is 8.62. The number of hydrogen-bond acceptors (Lipinski definition) is 3. The Bertz CT molecular complexity index is 470. The third kappa shape index (κ3) is 3.53. The van der Waals surface area contributed by atoms with Crippen molar-refractivity contribution in [2.75, 3.05) is 13.7 Å². The molecule has 0 bridgehead atoms. The van der Waals surface area contributed by atoms with Crippen molar-refractivity contribution in [2.24, 2.45) is 0 Å². The second kappa shape index (κ2) is 6.70. The first-order valence-corrected chi connectivity index (χ1v) is 6.08. The van der Waals surface area contributed by atoms with Crippen LogP contribution in [0.4, 0.5) is 0 Å². The molecule has 18 heavy (non-hydrogen) atoms. The van der Waals surface area contributed by atoms with Crippen LogP contribution in [0.3, 0.4) is 0 Å². The third-order valence-electron chi connectivity index (χ3n) is 2.74. The zero-order chi connectivity index (χ0) is 13.5. The lowest BCUT2D eigenvalue weighted by molar-refractivity contribution is 0.362. The molecule has 0 radical (unpaired) electrons. The van der Waals surface area contributed by atoms with Crippen LogP contribution in [-0.4, -0.2) is 13.7 Å². The summed E-state index contributed by atoms with van der Waals surface area (Å²) in [5, 5.41) is 11.6. The number of nitrogens with one attached hydrogen (secondary N) is 1. The second-order valence-corrected chi connectivity index (χ2v) is 4.47. The number of benzene rings is 1. The Morgan fingerprint density at radius 2 is 2.22 bits per heavy atom. The van der Waals surface area contributed by atoms with Gasteiger partial charge in [-0.2, -0.15) is 5.26 Å². The van der Waals surface area contributed by atoms with Gasteiger partial charge in [0.05, 0.1) is 0 Å². The molecule has 1 rings (SSSR count). The summed E-state index contributed by atoms with van der Waals surface area (Å²) in [7, 11) is 1.87. The van der Waals surface area contributed by atoms with Crippen LogP contribution in [0, 0.1) is 11.3 Å². The Morgan fingerprint density at radius 1 is 1.50 bits per heavy atom. The standard InChI is InChI=1S/C15H20N2O/c1-11(2)14-6-5-13(12(3)10-17-4)9-15(14)18-8-7-16/h5-6,9-11,17H,8H2,1-4H3/b12-10-. The second-order valence-electron chi connectivity index (χ2n) is 4.47. The molecule has 0 fully saturated rings. The fourth-order valence-corrected chi connectivity index (χ4v) is 1.79. The summed E-state index contributed by atoms with van der Waals surface area (Å²) in [5.41, 5.74) is 3.36. The minimum absolute atomic E-state index is 0.0813. The Labute approximate surface area is 109 Å². The van der Waals surface area contributed by atoms with E-state index in [1.165, 1.54) is 0 Å². The molecule has 3 nitrogen and oxygen atoms in total. The van der Waals surface area contributed by atoms with Gasteiger partial charge in [0, 0.05) is 7.05 Å². The van der Waals surface area contributed by atoms with Gasteiger partial charge in [-0.25, -0.2) is 0 Å². The summed E-state index contributed by atoms with van der Waals surface area (Å²) in [6.07, 6.45) is 1.94. The number of hydrogen-bond donors (Lipinski definition) is 1. The van der Waals surface area contributed by atoms with Crippen molar-refractivity contribution < 1.29 is 4.74 Å². The van der Waals surface area contributed by atoms with E-state index in [0.29, 0.717) is 5.92 Å². The molecule has 0 unspecified atom stereocenters. The van der Waals surface area contributed by atoms with Crippen molar-refractivity contribution in [3.05, 3.63) is 35.5 Å². The SMILES string of the molecule is CN/C=C(/C)c1ccc(C(C)C)c(OCC#N)c1. The van der Waals surface area contributed by atoms with E-state index in [2.05, 4.69) is 31.3 Å². The van der Waals surface area contributed by atoms with Gasteiger partial charge in [0.25, 0.3) is 0 Å².